The summed E-state index contributed by atoms with van der Waals surface area (Å²) < 4.78 is 0. The predicted molar refractivity (Wildman–Crippen MR) is 102 cm³/mol. The van der Waals surface area contributed by atoms with Gasteiger partial charge in [0.1, 0.15) is 0 Å². The number of nitrogens with zero attached hydrogens (tertiary/aromatic N) is 1. The van der Waals surface area contributed by atoms with Crippen LogP contribution < -0.4 is 0 Å². The molecular weight excluding hydrogens is 266 g/mol. The van der Waals surface area contributed by atoms with Gasteiger partial charge in [0.25, 0.3) is 0 Å². The molecule has 0 N–H and O–H groups in total. The van der Waals surface area contributed by atoms with Gasteiger partial charge >= 0.3 is 0 Å². The van der Waals surface area contributed by atoms with Gasteiger partial charge in [-0.15, -0.1) is 0 Å². The third-order valence-electron chi connectivity index (χ3n) is 4.80. The van der Waals surface area contributed by atoms with Crippen molar-refractivity contribution in [1.82, 2.24) is 4.90 Å². The minimum absolute atomic E-state index is 0.486. The lowest BCUT2D eigenvalue weighted by molar-refractivity contribution is 0.260. The molecule has 0 rings (SSSR count). The van der Waals surface area contributed by atoms with Gasteiger partial charge in [-0.25, -0.2) is 0 Å². The molecule has 0 radical (unpaired) electrons. The van der Waals surface area contributed by atoms with E-state index >= 15 is 0 Å². The van der Waals surface area contributed by atoms with E-state index < -0.39 is 0 Å². The average molecular weight is 310 g/mol. The molecule has 0 spiro atoms. The van der Waals surface area contributed by atoms with Crippen LogP contribution in [0, 0.1) is 10.8 Å². The zero-order valence-electron chi connectivity index (χ0n) is 16.9. The number of hydrogen-bond acceptors (Lipinski definition) is 1. The van der Waals surface area contributed by atoms with Crippen molar-refractivity contribution in [3.63, 3.8) is 0 Å². The van der Waals surface area contributed by atoms with Crippen LogP contribution >= 0.6 is 0 Å². The lowest BCUT2D eigenvalue weighted by atomic mass is 9.79. The van der Waals surface area contributed by atoms with E-state index in [1.54, 1.807) is 5.57 Å². The van der Waals surface area contributed by atoms with Crippen LogP contribution in [-0.2, 0) is 0 Å². The summed E-state index contributed by atoms with van der Waals surface area (Å²) in [7, 11) is 0. The van der Waals surface area contributed by atoms with Gasteiger partial charge < -0.3 is 4.90 Å². The molecule has 0 saturated carbocycles. The fourth-order valence-corrected chi connectivity index (χ4v) is 2.94. The second kappa shape index (κ2) is 10.5. The molecule has 0 amide bonds. The standard InChI is InChI=1S/C21H43N/c1-9-22(10-2)18-14-19(3)13-11-16-21(7,8)17-12-15-20(4,5)6/h14H,9-13,15-18H2,1-8H3. The minimum atomic E-state index is 0.486. The number of rotatable bonds is 11. The molecule has 0 heterocycles. The molecule has 0 fully saturated rings. The Morgan fingerprint density at radius 1 is 0.864 bits per heavy atom. The first-order valence-electron chi connectivity index (χ1n) is 9.47. The molecule has 0 aromatic heterocycles. The van der Waals surface area contributed by atoms with Crippen molar-refractivity contribution >= 4 is 0 Å². The van der Waals surface area contributed by atoms with Crippen LogP contribution in [0.3, 0.4) is 0 Å². The molecule has 132 valence electrons. The summed E-state index contributed by atoms with van der Waals surface area (Å²) in [5.41, 5.74) is 2.56. The van der Waals surface area contributed by atoms with Gasteiger partial charge in [0.15, 0.2) is 0 Å². The molecule has 22 heavy (non-hydrogen) atoms. The van der Waals surface area contributed by atoms with Crippen molar-refractivity contribution in [2.24, 2.45) is 10.8 Å². The van der Waals surface area contributed by atoms with Crippen molar-refractivity contribution in [2.75, 3.05) is 19.6 Å². The highest BCUT2D eigenvalue weighted by molar-refractivity contribution is 4.99. The largest absolute Gasteiger partial charge is 0.300 e. The first-order chi connectivity index (χ1) is 10.1. The van der Waals surface area contributed by atoms with Crippen LogP contribution in [0.1, 0.15) is 93.9 Å². The molecule has 1 nitrogen and oxygen atoms in total. The zero-order chi connectivity index (χ0) is 17.2. The van der Waals surface area contributed by atoms with Crippen molar-refractivity contribution in [3.8, 4) is 0 Å². The minimum Gasteiger partial charge on any atom is -0.300 e. The Morgan fingerprint density at radius 3 is 1.91 bits per heavy atom. The van der Waals surface area contributed by atoms with Crippen LogP contribution in [-0.4, -0.2) is 24.5 Å². The molecule has 0 saturated heterocycles. The molecule has 0 unspecified atom stereocenters. The van der Waals surface area contributed by atoms with E-state index in [4.69, 9.17) is 0 Å². The van der Waals surface area contributed by atoms with E-state index in [0.29, 0.717) is 10.8 Å². The topological polar surface area (TPSA) is 3.24 Å². The fourth-order valence-electron chi connectivity index (χ4n) is 2.94. The van der Waals surface area contributed by atoms with E-state index in [9.17, 15) is 0 Å². The second-order valence-electron chi connectivity index (χ2n) is 8.97. The lowest BCUT2D eigenvalue weighted by Crippen LogP contribution is -2.22. The Morgan fingerprint density at radius 2 is 1.41 bits per heavy atom. The molecule has 0 atom stereocenters. The van der Waals surface area contributed by atoms with E-state index in [-0.39, 0.29) is 0 Å². The third kappa shape index (κ3) is 12.3. The fraction of sp³-hybridized carbons (Fsp3) is 0.905. The lowest BCUT2D eigenvalue weighted by Gasteiger charge is -2.27. The van der Waals surface area contributed by atoms with Crippen LogP contribution in [0.15, 0.2) is 11.6 Å². The van der Waals surface area contributed by atoms with Gasteiger partial charge in [0.2, 0.25) is 0 Å². The van der Waals surface area contributed by atoms with Gasteiger partial charge in [-0.2, -0.15) is 0 Å². The van der Waals surface area contributed by atoms with Gasteiger partial charge in [-0.1, -0.05) is 66.5 Å². The maximum atomic E-state index is 2.47. The quantitative estimate of drug-likeness (QED) is 0.384. The molecular formula is C21H43N. The molecule has 0 aromatic carbocycles. The Balaban J connectivity index is 3.98. The van der Waals surface area contributed by atoms with E-state index in [0.717, 1.165) is 19.6 Å². The van der Waals surface area contributed by atoms with Crippen LogP contribution in [0.25, 0.3) is 0 Å². The maximum Gasteiger partial charge on any atom is 0.0165 e. The van der Waals surface area contributed by atoms with Crippen LogP contribution in [0.4, 0.5) is 0 Å². The van der Waals surface area contributed by atoms with Gasteiger partial charge in [-0.05, 0) is 62.9 Å². The van der Waals surface area contributed by atoms with Crippen LogP contribution in [0.5, 0.6) is 0 Å². The average Bonchev–Trinajstić information content (AvgIpc) is 2.37. The third-order valence-corrected chi connectivity index (χ3v) is 4.80. The summed E-state index contributed by atoms with van der Waals surface area (Å²) in [6, 6.07) is 0. The van der Waals surface area contributed by atoms with E-state index in [2.05, 4.69) is 66.4 Å². The molecule has 0 aliphatic rings. The summed E-state index contributed by atoms with van der Waals surface area (Å²) in [6.07, 6.45) is 10.5. The summed E-state index contributed by atoms with van der Waals surface area (Å²) >= 11 is 0. The molecule has 0 aliphatic carbocycles. The van der Waals surface area contributed by atoms with Gasteiger partial charge in [0, 0.05) is 6.54 Å². The first-order valence-corrected chi connectivity index (χ1v) is 9.47. The molecule has 0 bridgehead atoms. The number of allylic oxidation sites excluding steroid dienone is 1. The SMILES string of the molecule is CCN(CC)CC=C(C)CCCC(C)(C)CCCC(C)(C)C. The Bertz CT molecular complexity index is 302. The monoisotopic (exact) mass is 309 g/mol. The summed E-state index contributed by atoms with van der Waals surface area (Å²) in [6.45, 7) is 22.2. The normalized spacial score (nSPS) is 14.0. The Labute approximate surface area is 141 Å². The van der Waals surface area contributed by atoms with Gasteiger partial charge in [-0.3, -0.25) is 0 Å². The van der Waals surface area contributed by atoms with Crippen molar-refractivity contribution in [1.29, 1.82) is 0 Å². The Hall–Kier alpha value is -0.300. The summed E-state index contributed by atoms with van der Waals surface area (Å²) in [5.74, 6) is 0. The number of hydrogen-bond donors (Lipinski definition) is 0. The summed E-state index contributed by atoms with van der Waals surface area (Å²) in [5, 5.41) is 0. The summed E-state index contributed by atoms with van der Waals surface area (Å²) in [4.78, 5) is 2.47. The van der Waals surface area contributed by atoms with E-state index in [1.807, 2.05) is 0 Å². The highest BCUT2D eigenvalue weighted by atomic mass is 15.1. The molecule has 1 heteroatoms. The number of likely N-dealkylation sites (N-methyl/N-ethyl adjacent to an activating group) is 1. The van der Waals surface area contributed by atoms with Crippen molar-refractivity contribution in [2.45, 2.75) is 93.9 Å². The second-order valence-corrected chi connectivity index (χ2v) is 8.97. The van der Waals surface area contributed by atoms with Crippen molar-refractivity contribution in [3.05, 3.63) is 11.6 Å². The predicted octanol–water partition coefficient (Wildman–Crippen LogP) is 6.69. The molecule has 0 aromatic rings. The van der Waals surface area contributed by atoms with Crippen molar-refractivity contribution < 1.29 is 0 Å². The van der Waals surface area contributed by atoms with Crippen LogP contribution in [0.2, 0.25) is 0 Å². The van der Waals surface area contributed by atoms with Gasteiger partial charge in [0.05, 0.1) is 0 Å². The Kier molecular flexibility index (Phi) is 10.3. The van der Waals surface area contributed by atoms with E-state index in [1.165, 1.54) is 38.5 Å². The highest BCUT2D eigenvalue weighted by Crippen LogP contribution is 2.32. The zero-order valence-corrected chi connectivity index (χ0v) is 16.9. The highest BCUT2D eigenvalue weighted by Gasteiger charge is 2.19. The molecule has 0 aliphatic heterocycles. The maximum absolute atomic E-state index is 2.47. The first kappa shape index (κ1) is 21.7. The smallest absolute Gasteiger partial charge is 0.0165 e.